The van der Waals surface area contributed by atoms with Gasteiger partial charge >= 0.3 is 11.9 Å². The molecule has 1 aliphatic heterocycles. The van der Waals surface area contributed by atoms with Crippen LogP contribution in [-0.2, 0) is 19.1 Å². The van der Waals surface area contributed by atoms with Gasteiger partial charge in [0, 0.05) is 30.8 Å². The first-order valence-corrected chi connectivity index (χ1v) is 7.38. The molecule has 2 aliphatic rings. The quantitative estimate of drug-likeness (QED) is 0.515. The summed E-state index contributed by atoms with van der Waals surface area (Å²) in [6.45, 7) is 0. The van der Waals surface area contributed by atoms with Gasteiger partial charge in [0.05, 0.1) is 0 Å². The predicted molar refractivity (Wildman–Crippen MR) is 76.1 cm³/mol. The molecule has 1 heterocycles. The van der Waals surface area contributed by atoms with Crippen LogP contribution in [0.1, 0.15) is 32.1 Å². The van der Waals surface area contributed by atoms with Crippen molar-refractivity contribution in [1.82, 2.24) is 0 Å². The Morgan fingerprint density at radius 3 is 2.26 bits per heavy atom. The summed E-state index contributed by atoms with van der Waals surface area (Å²) in [5, 5.41) is 2.56. The Labute approximate surface area is 131 Å². The molecule has 0 amide bonds. The van der Waals surface area contributed by atoms with Crippen molar-refractivity contribution in [2.75, 3.05) is 5.32 Å². The zero-order chi connectivity index (χ0) is 16.4. The van der Waals surface area contributed by atoms with Gasteiger partial charge in [0.15, 0.2) is 17.2 Å². The molecule has 7 heteroatoms. The molecule has 1 saturated heterocycles. The molecule has 2 fully saturated rings. The van der Waals surface area contributed by atoms with E-state index < -0.39 is 29.4 Å². The molecule has 0 bridgehead atoms. The van der Waals surface area contributed by atoms with Crippen molar-refractivity contribution in [2.45, 2.75) is 37.9 Å². The minimum Gasteiger partial charge on any atom is -0.419 e. The van der Waals surface area contributed by atoms with Gasteiger partial charge in [-0.2, -0.15) is 0 Å². The van der Waals surface area contributed by atoms with Crippen LogP contribution in [0.2, 0.25) is 0 Å². The van der Waals surface area contributed by atoms with E-state index >= 15 is 0 Å². The molecule has 1 saturated carbocycles. The monoisotopic (exact) mass is 323 g/mol. The summed E-state index contributed by atoms with van der Waals surface area (Å²) in [5.74, 6) is -4.73. The van der Waals surface area contributed by atoms with Crippen LogP contribution in [0.25, 0.3) is 0 Å². The lowest BCUT2D eigenvalue weighted by atomic mass is 9.93. The second-order valence-electron chi connectivity index (χ2n) is 5.58. The van der Waals surface area contributed by atoms with Gasteiger partial charge in [-0.3, -0.25) is 0 Å². The smallest absolute Gasteiger partial charge is 0.350 e. The van der Waals surface area contributed by atoms with E-state index in [2.05, 4.69) is 5.32 Å². The fraction of sp³-hybridized carbons (Fsp3) is 0.375. The SMILES string of the molecule is O=C1OC2(CCCCC2)OC(=O)C1=CNc1ccc(F)c(F)c1. The van der Waals surface area contributed by atoms with Crippen molar-refractivity contribution in [3.63, 3.8) is 0 Å². The maximum absolute atomic E-state index is 13.1. The molecular formula is C16H15F2NO4. The zero-order valence-electron chi connectivity index (χ0n) is 12.2. The van der Waals surface area contributed by atoms with Crippen molar-refractivity contribution >= 4 is 17.6 Å². The molecule has 1 N–H and O–H groups in total. The number of hydrogen-bond donors (Lipinski definition) is 1. The molecule has 0 aromatic heterocycles. The first-order valence-electron chi connectivity index (χ1n) is 7.38. The fourth-order valence-electron chi connectivity index (χ4n) is 2.71. The summed E-state index contributed by atoms with van der Waals surface area (Å²) in [7, 11) is 0. The standard InChI is InChI=1S/C16H15F2NO4/c17-12-5-4-10(8-13(12)18)19-9-11-14(20)22-16(23-15(11)21)6-2-1-3-7-16/h4-5,8-9,19H,1-3,6-7H2. The maximum atomic E-state index is 13.1. The van der Waals surface area contributed by atoms with E-state index in [0.717, 1.165) is 37.6 Å². The molecule has 1 aliphatic carbocycles. The lowest BCUT2D eigenvalue weighted by Gasteiger charge is -2.38. The Morgan fingerprint density at radius 1 is 1.00 bits per heavy atom. The Balaban J connectivity index is 1.74. The predicted octanol–water partition coefficient (Wildman–Crippen LogP) is 3.02. The molecule has 1 aromatic rings. The molecule has 1 aromatic carbocycles. The summed E-state index contributed by atoms with van der Waals surface area (Å²) in [6, 6.07) is 3.12. The molecule has 0 atom stereocenters. The second kappa shape index (κ2) is 5.98. The molecule has 122 valence electrons. The summed E-state index contributed by atoms with van der Waals surface area (Å²) < 4.78 is 36.6. The highest BCUT2D eigenvalue weighted by molar-refractivity contribution is 6.15. The van der Waals surface area contributed by atoms with Gasteiger partial charge in [-0.1, -0.05) is 6.42 Å². The van der Waals surface area contributed by atoms with Gasteiger partial charge in [-0.05, 0) is 25.0 Å². The van der Waals surface area contributed by atoms with Crippen LogP contribution in [0.5, 0.6) is 0 Å². The van der Waals surface area contributed by atoms with E-state index in [9.17, 15) is 18.4 Å². The Morgan fingerprint density at radius 2 is 1.65 bits per heavy atom. The van der Waals surface area contributed by atoms with Crippen molar-refractivity contribution in [3.8, 4) is 0 Å². The van der Waals surface area contributed by atoms with Gasteiger partial charge in [-0.25, -0.2) is 18.4 Å². The molecule has 23 heavy (non-hydrogen) atoms. The van der Waals surface area contributed by atoms with Gasteiger partial charge in [0.2, 0.25) is 0 Å². The van der Waals surface area contributed by atoms with Crippen LogP contribution < -0.4 is 5.32 Å². The van der Waals surface area contributed by atoms with E-state index in [4.69, 9.17) is 9.47 Å². The number of nitrogens with one attached hydrogen (secondary N) is 1. The van der Waals surface area contributed by atoms with Gasteiger partial charge < -0.3 is 14.8 Å². The maximum Gasteiger partial charge on any atom is 0.350 e. The minimum absolute atomic E-state index is 0.190. The van der Waals surface area contributed by atoms with Gasteiger partial charge in [-0.15, -0.1) is 0 Å². The van der Waals surface area contributed by atoms with Crippen molar-refractivity contribution in [3.05, 3.63) is 41.6 Å². The number of esters is 2. The third-order valence-corrected chi connectivity index (χ3v) is 3.92. The first kappa shape index (κ1) is 15.5. The normalized spacial score (nSPS) is 20.0. The fourth-order valence-corrected chi connectivity index (χ4v) is 2.71. The molecule has 0 unspecified atom stereocenters. The van der Waals surface area contributed by atoms with E-state index in [1.807, 2.05) is 0 Å². The number of benzene rings is 1. The third-order valence-electron chi connectivity index (χ3n) is 3.92. The van der Waals surface area contributed by atoms with Crippen LogP contribution in [-0.4, -0.2) is 17.7 Å². The van der Waals surface area contributed by atoms with Crippen molar-refractivity contribution < 1.29 is 27.8 Å². The molecule has 3 rings (SSSR count). The Bertz CT molecular complexity index is 659. The average Bonchev–Trinajstić information content (AvgIpc) is 2.50. The van der Waals surface area contributed by atoms with E-state index in [0.29, 0.717) is 12.8 Å². The van der Waals surface area contributed by atoms with E-state index in [1.165, 1.54) is 6.07 Å². The summed E-state index contributed by atoms with van der Waals surface area (Å²) in [4.78, 5) is 24.1. The average molecular weight is 323 g/mol. The van der Waals surface area contributed by atoms with Crippen molar-refractivity contribution in [2.24, 2.45) is 0 Å². The number of hydrogen-bond acceptors (Lipinski definition) is 5. The molecular weight excluding hydrogens is 308 g/mol. The van der Waals surface area contributed by atoms with E-state index in [1.54, 1.807) is 0 Å². The zero-order valence-corrected chi connectivity index (χ0v) is 12.2. The summed E-state index contributed by atoms with van der Waals surface area (Å²) in [5.41, 5.74) is -0.124. The summed E-state index contributed by atoms with van der Waals surface area (Å²) >= 11 is 0. The number of anilines is 1. The molecule has 1 spiro atoms. The highest BCUT2D eigenvalue weighted by Gasteiger charge is 2.46. The number of ether oxygens (including phenoxy) is 2. The third kappa shape index (κ3) is 3.18. The lowest BCUT2D eigenvalue weighted by molar-refractivity contribution is -0.244. The highest BCUT2D eigenvalue weighted by atomic mass is 19.2. The van der Waals surface area contributed by atoms with Crippen LogP contribution in [0, 0.1) is 11.6 Å². The van der Waals surface area contributed by atoms with Crippen LogP contribution in [0.15, 0.2) is 30.0 Å². The number of halogens is 2. The lowest BCUT2D eigenvalue weighted by Crippen LogP contribution is -2.47. The highest BCUT2D eigenvalue weighted by Crippen LogP contribution is 2.36. The van der Waals surface area contributed by atoms with Crippen LogP contribution in [0.4, 0.5) is 14.5 Å². The summed E-state index contributed by atoms with van der Waals surface area (Å²) in [6.07, 6.45) is 4.73. The largest absolute Gasteiger partial charge is 0.419 e. The molecule has 5 nitrogen and oxygen atoms in total. The van der Waals surface area contributed by atoms with Gasteiger partial charge in [0.1, 0.15) is 0 Å². The number of carbonyl (C=O) groups is 2. The Kier molecular flexibility index (Phi) is 4.02. The van der Waals surface area contributed by atoms with Crippen LogP contribution in [0.3, 0.4) is 0 Å². The van der Waals surface area contributed by atoms with E-state index in [-0.39, 0.29) is 11.3 Å². The number of rotatable bonds is 2. The van der Waals surface area contributed by atoms with Gasteiger partial charge in [0.25, 0.3) is 5.79 Å². The van der Waals surface area contributed by atoms with Crippen LogP contribution >= 0.6 is 0 Å². The first-order chi connectivity index (χ1) is 11.0. The second-order valence-corrected chi connectivity index (χ2v) is 5.58. The Hall–Kier alpha value is -2.44. The van der Waals surface area contributed by atoms with Crippen molar-refractivity contribution in [1.29, 1.82) is 0 Å². The molecule has 0 radical (unpaired) electrons. The topological polar surface area (TPSA) is 64.6 Å². The minimum atomic E-state index is -1.15. The number of carbonyl (C=O) groups excluding carboxylic acids is 2.